The van der Waals surface area contributed by atoms with Gasteiger partial charge in [0.25, 0.3) is 0 Å². The molecule has 1 aromatic rings. The molecule has 0 bridgehead atoms. The van der Waals surface area contributed by atoms with Crippen LogP contribution in [0.1, 0.15) is 43.7 Å². The van der Waals surface area contributed by atoms with Gasteiger partial charge in [-0.05, 0) is 50.2 Å². The summed E-state index contributed by atoms with van der Waals surface area (Å²) in [6.45, 7) is 9.72. The van der Waals surface area contributed by atoms with E-state index in [1.54, 1.807) is 0 Å². The van der Waals surface area contributed by atoms with Gasteiger partial charge in [-0.2, -0.15) is 0 Å². The summed E-state index contributed by atoms with van der Waals surface area (Å²) >= 11 is 1.83. The van der Waals surface area contributed by atoms with Gasteiger partial charge in [-0.1, -0.05) is 13.8 Å². The van der Waals surface area contributed by atoms with Crippen LogP contribution in [0.2, 0.25) is 0 Å². The summed E-state index contributed by atoms with van der Waals surface area (Å²) in [4.78, 5) is 3.85. The van der Waals surface area contributed by atoms with Crippen molar-refractivity contribution in [2.24, 2.45) is 11.7 Å². The Balaban J connectivity index is 2.77. The molecule has 17 heavy (non-hydrogen) atoms. The van der Waals surface area contributed by atoms with E-state index in [9.17, 15) is 0 Å². The number of thiophene rings is 1. The van der Waals surface area contributed by atoms with E-state index < -0.39 is 0 Å². The first kappa shape index (κ1) is 14.7. The summed E-state index contributed by atoms with van der Waals surface area (Å²) in [5, 5.41) is 2.16. The summed E-state index contributed by atoms with van der Waals surface area (Å²) in [6, 6.07) is 3.12. The maximum Gasteiger partial charge on any atom is 0.0566 e. The van der Waals surface area contributed by atoms with Crippen molar-refractivity contribution in [2.75, 3.05) is 13.6 Å². The number of rotatable bonds is 6. The molecule has 0 saturated heterocycles. The summed E-state index contributed by atoms with van der Waals surface area (Å²) in [5.41, 5.74) is 7.34. The SMILES string of the molecule is Cc1ccsc1C(CN)N(C)C(C)CC(C)C. The second kappa shape index (κ2) is 6.53. The number of hydrogen-bond donors (Lipinski definition) is 1. The molecule has 0 saturated carbocycles. The summed E-state index contributed by atoms with van der Waals surface area (Å²) in [7, 11) is 2.20. The lowest BCUT2D eigenvalue weighted by molar-refractivity contribution is 0.170. The highest BCUT2D eigenvalue weighted by Crippen LogP contribution is 2.29. The van der Waals surface area contributed by atoms with Crippen LogP contribution in [0.4, 0.5) is 0 Å². The van der Waals surface area contributed by atoms with Gasteiger partial charge in [0.1, 0.15) is 0 Å². The van der Waals surface area contributed by atoms with Crippen molar-refractivity contribution in [3.63, 3.8) is 0 Å². The molecule has 2 unspecified atom stereocenters. The van der Waals surface area contributed by atoms with Crippen molar-refractivity contribution in [1.29, 1.82) is 0 Å². The second-order valence-corrected chi connectivity index (χ2v) is 6.31. The second-order valence-electron chi connectivity index (χ2n) is 5.36. The molecule has 3 heteroatoms. The molecule has 0 amide bonds. The molecule has 1 aromatic heterocycles. The van der Waals surface area contributed by atoms with Crippen molar-refractivity contribution in [3.05, 3.63) is 21.9 Å². The molecule has 0 fully saturated rings. The molecule has 1 heterocycles. The minimum atomic E-state index is 0.365. The molecule has 0 radical (unpaired) electrons. The summed E-state index contributed by atoms with van der Waals surface area (Å²) < 4.78 is 0. The van der Waals surface area contributed by atoms with Crippen molar-refractivity contribution in [3.8, 4) is 0 Å². The average molecular weight is 254 g/mol. The smallest absolute Gasteiger partial charge is 0.0566 e. The number of nitrogens with two attached hydrogens (primary N) is 1. The lowest BCUT2D eigenvalue weighted by Gasteiger charge is -2.33. The zero-order valence-corrected chi connectivity index (χ0v) is 12.6. The number of hydrogen-bond acceptors (Lipinski definition) is 3. The molecule has 2 atom stereocenters. The number of nitrogens with zero attached hydrogens (tertiary/aromatic N) is 1. The van der Waals surface area contributed by atoms with Crippen LogP contribution in [0, 0.1) is 12.8 Å². The first-order valence-corrected chi connectivity index (χ1v) is 7.31. The van der Waals surface area contributed by atoms with E-state index in [0.29, 0.717) is 18.6 Å². The van der Waals surface area contributed by atoms with Gasteiger partial charge in [0, 0.05) is 17.5 Å². The number of likely N-dealkylation sites (N-methyl/N-ethyl adjacent to an activating group) is 1. The molecule has 0 aliphatic rings. The lowest BCUT2D eigenvalue weighted by atomic mass is 10.0. The fraction of sp³-hybridized carbons (Fsp3) is 0.714. The first-order chi connectivity index (χ1) is 7.97. The first-order valence-electron chi connectivity index (χ1n) is 6.43. The third-order valence-corrected chi connectivity index (χ3v) is 4.55. The third kappa shape index (κ3) is 3.80. The highest BCUT2D eigenvalue weighted by Gasteiger charge is 2.22. The highest BCUT2D eigenvalue weighted by molar-refractivity contribution is 7.10. The zero-order valence-electron chi connectivity index (χ0n) is 11.7. The van der Waals surface area contributed by atoms with Crippen molar-refractivity contribution in [1.82, 2.24) is 4.90 Å². The van der Waals surface area contributed by atoms with Crippen LogP contribution in [0.3, 0.4) is 0 Å². The molecular weight excluding hydrogens is 228 g/mol. The van der Waals surface area contributed by atoms with E-state index in [1.165, 1.54) is 16.9 Å². The van der Waals surface area contributed by atoms with Gasteiger partial charge in [-0.3, -0.25) is 4.90 Å². The van der Waals surface area contributed by atoms with Crippen LogP contribution in [0.25, 0.3) is 0 Å². The molecule has 0 spiro atoms. The highest BCUT2D eigenvalue weighted by atomic mass is 32.1. The van der Waals surface area contributed by atoms with E-state index in [-0.39, 0.29) is 0 Å². The maximum absolute atomic E-state index is 5.97. The predicted octanol–water partition coefficient (Wildman–Crippen LogP) is 3.42. The third-order valence-electron chi connectivity index (χ3n) is 3.43. The van der Waals surface area contributed by atoms with Gasteiger partial charge in [0.2, 0.25) is 0 Å². The van der Waals surface area contributed by atoms with Crippen molar-refractivity contribution in [2.45, 2.75) is 46.2 Å². The maximum atomic E-state index is 5.97. The topological polar surface area (TPSA) is 29.3 Å². The van der Waals surface area contributed by atoms with Crippen LogP contribution in [-0.2, 0) is 0 Å². The van der Waals surface area contributed by atoms with Gasteiger partial charge >= 0.3 is 0 Å². The Kier molecular flexibility index (Phi) is 5.63. The van der Waals surface area contributed by atoms with Crippen LogP contribution in [0.15, 0.2) is 11.4 Å². The van der Waals surface area contributed by atoms with Crippen LogP contribution < -0.4 is 5.73 Å². The van der Waals surface area contributed by atoms with Crippen molar-refractivity contribution >= 4 is 11.3 Å². The molecule has 0 aromatic carbocycles. The Morgan fingerprint density at radius 1 is 1.35 bits per heavy atom. The normalized spacial score (nSPS) is 15.5. The monoisotopic (exact) mass is 254 g/mol. The van der Waals surface area contributed by atoms with E-state index in [4.69, 9.17) is 5.73 Å². The van der Waals surface area contributed by atoms with Crippen LogP contribution >= 0.6 is 11.3 Å². The van der Waals surface area contributed by atoms with E-state index in [1.807, 2.05) is 11.3 Å². The molecule has 0 aliphatic carbocycles. The Labute approximate surface area is 110 Å². The lowest BCUT2D eigenvalue weighted by Crippen LogP contribution is -2.37. The fourth-order valence-electron chi connectivity index (χ4n) is 2.34. The minimum absolute atomic E-state index is 0.365. The number of aryl methyl sites for hydroxylation is 1. The van der Waals surface area contributed by atoms with Gasteiger partial charge in [-0.15, -0.1) is 11.3 Å². The fourth-order valence-corrected chi connectivity index (χ4v) is 3.43. The van der Waals surface area contributed by atoms with Crippen molar-refractivity contribution < 1.29 is 0 Å². The van der Waals surface area contributed by atoms with E-state index >= 15 is 0 Å². The molecular formula is C14H26N2S. The molecule has 1 rings (SSSR count). The predicted molar refractivity (Wildman–Crippen MR) is 77.5 cm³/mol. The molecule has 2 nitrogen and oxygen atoms in total. The Morgan fingerprint density at radius 3 is 2.41 bits per heavy atom. The minimum Gasteiger partial charge on any atom is -0.329 e. The van der Waals surface area contributed by atoms with Crippen LogP contribution in [0.5, 0.6) is 0 Å². The Bertz CT molecular complexity index is 333. The standard InChI is InChI=1S/C14H26N2S/c1-10(2)8-12(4)16(5)13(9-15)14-11(3)6-7-17-14/h6-7,10,12-13H,8-9,15H2,1-5H3. The Hall–Kier alpha value is -0.380. The summed E-state index contributed by atoms with van der Waals surface area (Å²) in [5.74, 6) is 0.732. The summed E-state index contributed by atoms with van der Waals surface area (Å²) in [6.07, 6.45) is 1.22. The van der Waals surface area contributed by atoms with Gasteiger partial charge in [0.15, 0.2) is 0 Å². The molecule has 0 aliphatic heterocycles. The average Bonchev–Trinajstić information content (AvgIpc) is 2.65. The quantitative estimate of drug-likeness (QED) is 0.843. The van der Waals surface area contributed by atoms with Gasteiger partial charge in [-0.25, -0.2) is 0 Å². The largest absolute Gasteiger partial charge is 0.329 e. The van der Waals surface area contributed by atoms with E-state index in [0.717, 1.165) is 5.92 Å². The Morgan fingerprint density at radius 2 is 2.00 bits per heavy atom. The van der Waals surface area contributed by atoms with Gasteiger partial charge < -0.3 is 5.73 Å². The molecule has 2 N–H and O–H groups in total. The van der Waals surface area contributed by atoms with E-state index in [2.05, 4.69) is 51.1 Å². The zero-order chi connectivity index (χ0) is 13.0. The van der Waals surface area contributed by atoms with Crippen LogP contribution in [-0.4, -0.2) is 24.5 Å². The molecule has 98 valence electrons. The van der Waals surface area contributed by atoms with Gasteiger partial charge in [0.05, 0.1) is 6.04 Å².